The molecule has 0 atom stereocenters. The number of carbonyl (C=O) groups excluding carboxylic acids is 2. The Balaban J connectivity index is 1.37. The average Bonchev–Trinajstić information content (AvgIpc) is 3.22. The number of nitrogens with zero attached hydrogens (tertiary/aromatic N) is 1. The Bertz CT molecular complexity index is 942. The molecule has 0 aliphatic heterocycles. The van der Waals surface area contributed by atoms with Crippen LogP contribution in [0.2, 0.25) is 0 Å². The van der Waals surface area contributed by atoms with Gasteiger partial charge in [0.15, 0.2) is 5.76 Å². The van der Waals surface area contributed by atoms with Gasteiger partial charge in [-0.1, -0.05) is 15.9 Å². The highest BCUT2D eigenvalue weighted by atomic mass is 79.9. The van der Waals surface area contributed by atoms with E-state index in [4.69, 9.17) is 9.15 Å². The fourth-order valence-corrected chi connectivity index (χ4v) is 2.69. The van der Waals surface area contributed by atoms with E-state index < -0.39 is 0 Å². The smallest absolute Gasteiger partial charge is 0.287 e. The van der Waals surface area contributed by atoms with Crippen molar-refractivity contribution >= 4 is 27.7 Å². The third kappa shape index (κ3) is 6.76. The molecule has 0 spiro atoms. The number of benzene rings is 1. The molecule has 0 aliphatic carbocycles. The van der Waals surface area contributed by atoms with Gasteiger partial charge in [0.1, 0.15) is 18.1 Å². The molecule has 3 aromatic rings. The Hall–Kier alpha value is -3.13. The Morgan fingerprint density at radius 2 is 1.76 bits per heavy atom. The number of carbonyl (C=O) groups is 2. The standard InChI is InChI=1S/C21H20BrN3O4/c22-16-1-3-17(4-2-16)28-14-18-5-6-19(29-18)21(27)24-12-9-20(26)25-13-15-7-10-23-11-8-15/h1-8,10-11H,9,12-14H2,(H,24,27)(H,25,26). The van der Waals surface area contributed by atoms with Crippen molar-refractivity contribution in [2.45, 2.75) is 19.6 Å². The number of aromatic nitrogens is 1. The zero-order chi connectivity index (χ0) is 20.5. The Morgan fingerprint density at radius 1 is 1.00 bits per heavy atom. The van der Waals surface area contributed by atoms with Crippen LogP contribution < -0.4 is 15.4 Å². The van der Waals surface area contributed by atoms with Crippen molar-refractivity contribution in [3.05, 3.63) is 82.5 Å². The van der Waals surface area contributed by atoms with Crippen LogP contribution in [0.15, 0.2) is 69.8 Å². The summed E-state index contributed by atoms with van der Waals surface area (Å²) in [6.07, 6.45) is 3.52. The van der Waals surface area contributed by atoms with E-state index in [0.717, 1.165) is 10.0 Å². The first kappa shape index (κ1) is 20.6. The molecule has 0 saturated heterocycles. The Kier molecular flexibility index (Phi) is 7.40. The third-order valence-electron chi connectivity index (χ3n) is 3.96. The summed E-state index contributed by atoms with van der Waals surface area (Å²) in [5.74, 6) is 0.894. The van der Waals surface area contributed by atoms with Gasteiger partial charge in [0.2, 0.25) is 5.91 Å². The summed E-state index contributed by atoms with van der Waals surface area (Å²) in [5, 5.41) is 5.46. The van der Waals surface area contributed by atoms with Crippen molar-refractivity contribution in [2.75, 3.05) is 6.54 Å². The molecule has 0 radical (unpaired) electrons. The molecule has 2 heterocycles. The molecular weight excluding hydrogens is 438 g/mol. The number of amides is 2. The molecule has 1 aromatic carbocycles. The summed E-state index contributed by atoms with van der Waals surface area (Å²) in [6.45, 7) is 0.855. The molecule has 2 amide bonds. The lowest BCUT2D eigenvalue weighted by Crippen LogP contribution is -2.30. The summed E-state index contributed by atoms with van der Waals surface area (Å²) in [4.78, 5) is 27.9. The fourth-order valence-electron chi connectivity index (χ4n) is 2.43. The SMILES string of the molecule is O=C(CCNC(=O)c1ccc(COc2ccc(Br)cc2)o1)NCc1ccncc1. The number of hydrogen-bond donors (Lipinski definition) is 2. The van der Waals surface area contributed by atoms with Crippen LogP contribution in [0.3, 0.4) is 0 Å². The van der Waals surface area contributed by atoms with E-state index in [1.165, 1.54) is 0 Å². The minimum absolute atomic E-state index is 0.148. The lowest BCUT2D eigenvalue weighted by molar-refractivity contribution is -0.121. The van der Waals surface area contributed by atoms with Crippen LogP contribution in [-0.4, -0.2) is 23.3 Å². The first-order chi connectivity index (χ1) is 14.1. The summed E-state index contributed by atoms with van der Waals surface area (Å²) < 4.78 is 12.1. The van der Waals surface area contributed by atoms with Gasteiger partial charge in [-0.2, -0.15) is 0 Å². The van der Waals surface area contributed by atoms with Gasteiger partial charge < -0.3 is 19.8 Å². The van der Waals surface area contributed by atoms with Gasteiger partial charge in [-0.25, -0.2) is 0 Å². The molecule has 0 saturated carbocycles. The molecule has 0 unspecified atom stereocenters. The summed E-state index contributed by atoms with van der Waals surface area (Å²) in [6, 6.07) is 14.4. The maximum Gasteiger partial charge on any atom is 0.287 e. The van der Waals surface area contributed by atoms with E-state index in [1.807, 2.05) is 36.4 Å². The monoisotopic (exact) mass is 457 g/mol. The van der Waals surface area contributed by atoms with Crippen molar-refractivity contribution in [1.29, 1.82) is 0 Å². The van der Waals surface area contributed by atoms with Crippen LogP contribution in [0.4, 0.5) is 0 Å². The lowest BCUT2D eigenvalue weighted by atomic mass is 10.2. The maximum atomic E-state index is 12.1. The number of pyridine rings is 1. The molecule has 150 valence electrons. The Labute approximate surface area is 176 Å². The van der Waals surface area contributed by atoms with Crippen LogP contribution in [0.25, 0.3) is 0 Å². The summed E-state index contributed by atoms with van der Waals surface area (Å²) in [5.41, 5.74) is 0.964. The zero-order valence-electron chi connectivity index (χ0n) is 15.6. The number of rotatable bonds is 9. The fraction of sp³-hybridized carbons (Fsp3) is 0.190. The quantitative estimate of drug-likeness (QED) is 0.513. The largest absolute Gasteiger partial charge is 0.486 e. The van der Waals surface area contributed by atoms with Crippen LogP contribution >= 0.6 is 15.9 Å². The molecule has 0 aliphatic rings. The summed E-state index contributed by atoms with van der Waals surface area (Å²) in [7, 11) is 0. The van der Waals surface area contributed by atoms with Gasteiger partial charge in [0, 0.05) is 36.4 Å². The third-order valence-corrected chi connectivity index (χ3v) is 4.49. The van der Waals surface area contributed by atoms with Crippen molar-refractivity contribution in [2.24, 2.45) is 0 Å². The van der Waals surface area contributed by atoms with E-state index in [0.29, 0.717) is 18.1 Å². The van der Waals surface area contributed by atoms with E-state index in [9.17, 15) is 9.59 Å². The predicted molar refractivity (Wildman–Crippen MR) is 110 cm³/mol. The normalized spacial score (nSPS) is 10.4. The van der Waals surface area contributed by atoms with Gasteiger partial charge in [-0.15, -0.1) is 0 Å². The topological polar surface area (TPSA) is 93.5 Å². The van der Waals surface area contributed by atoms with Crippen LogP contribution in [0, 0.1) is 0 Å². The first-order valence-corrected chi connectivity index (χ1v) is 9.80. The maximum absolute atomic E-state index is 12.1. The molecule has 2 aromatic heterocycles. The van der Waals surface area contributed by atoms with E-state index >= 15 is 0 Å². The molecule has 8 heteroatoms. The number of furan rings is 1. The minimum atomic E-state index is -0.373. The predicted octanol–water partition coefficient (Wildman–Crippen LogP) is 3.45. The second-order valence-electron chi connectivity index (χ2n) is 6.15. The highest BCUT2D eigenvalue weighted by Crippen LogP contribution is 2.18. The molecular formula is C21H20BrN3O4. The molecule has 29 heavy (non-hydrogen) atoms. The zero-order valence-corrected chi connectivity index (χ0v) is 17.1. The second kappa shape index (κ2) is 10.4. The molecule has 7 nitrogen and oxygen atoms in total. The van der Waals surface area contributed by atoms with Crippen LogP contribution in [0.1, 0.15) is 28.3 Å². The van der Waals surface area contributed by atoms with Crippen molar-refractivity contribution in [1.82, 2.24) is 15.6 Å². The van der Waals surface area contributed by atoms with Gasteiger partial charge in [0.25, 0.3) is 5.91 Å². The van der Waals surface area contributed by atoms with Crippen molar-refractivity contribution < 1.29 is 18.7 Å². The number of halogens is 1. The van der Waals surface area contributed by atoms with E-state index in [-0.39, 0.29) is 37.1 Å². The molecule has 0 fully saturated rings. The van der Waals surface area contributed by atoms with Gasteiger partial charge in [-0.3, -0.25) is 14.6 Å². The number of ether oxygens (including phenoxy) is 1. The first-order valence-electron chi connectivity index (χ1n) is 9.01. The van der Waals surface area contributed by atoms with Gasteiger partial charge in [0.05, 0.1) is 0 Å². The number of nitrogens with one attached hydrogen (secondary N) is 2. The average molecular weight is 458 g/mol. The van der Waals surface area contributed by atoms with Crippen molar-refractivity contribution in [3.8, 4) is 5.75 Å². The highest BCUT2D eigenvalue weighted by molar-refractivity contribution is 9.10. The van der Waals surface area contributed by atoms with E-state index in [1.54, 1.807) is 24.5 Å². The van der Waals surface area contributed by atoms with Crippen LogP contribution in [-0.2, 0) is 17.9 Å². The number of hydrogen-bond acceptors (Lipinski definition) is 5. The second-order valence-corrected chi connectivity index (χ2v) is 7.06. The van der Waals surface area contributed by atoms with E-state index in [2.05, 4.69) is 31.5 Å². The van der Waals surface area contributed by atoms with Crippen LogP contribution in [0.5, 0.6) is 5.75 Å². The Morgan fingerprint density at radius 3 is 2.52 bits per heavy atom. The molecule has 3 rings (SSSR count). The van der Waals surface area contributed by atoms with Gasteiger partial charge in [-0.05, 0) is 54.1 Å². The van der Waals surface area contributed by atoms with Gasteiger partial charge >= 0.3 is 0 Å². The van der Waals surface area contributed by atoms with Crippen molar-refractivity contribution in [3.63, 3.8) is 0 Å². The summed E-state index contributed by atoms with van der Waals surface area (Å²) >= 11 is 3.36. The highest BCUT2D eigenvalue weighted by Gasteiger charge is 2.12. The molecule has 0 bridgehead atoms. The lowest BCUT2D eigenvalue weighted by Gasteiger charge is -2.06. The molecule has 2 N–H and O–H groups in total. The minimum Gasteiger partial charge on any atom is -0.486 e.